The van der Waals surface area contributed by atoms with Gasteiger partial charge in [0.2, 0.25) is 0 Å². The number of Topliss-reactive ketones (excluding diaryl/α,β-unsaturated/α-hetero) is 1. The van der Waals surface area contributed by atoms with Gasteiger partial charge in [0.1, 0.15) is 5.70 Å². The molecule has 0 unspecified atom stereocenters. The number of nitrogens with one attached hydrogen (secondary N) is 2. The zero-order valence-electron chi connectivity index (χ0n) is 8.50. The first kappa shape index (κ1) is 9.58. The minimum atomic E-state index is 0.0680. The van der Waals surface area contributed by atoms with Crippen LogP contribution in [0.2, 0.25) is 0 Å². The first-order valence-corrected chi connectivity index (χ1v) is 4.78. The van der Waals surface area contributed by atoms with E-state index in [1.165, 1.54) is 0 Å². The van der Waals surface area contributed by atoms with Crippen LogP contribution in [0.15, 0.2) is 35.7 Å². The summed E-state index contributed by atoms with van der Waals surface area (Å²) in [5.41, 5.74) is 8.59. The number of nitrogens with two attached hydrogens (primary N) is 1. The Morgan fingerprint density at radius 3 is 2.47 bits per heavy atom. The molecule has 4 N–H and O–H groups in total. The molecule has 2 rings (SSSR count). The third-order valence-corrected chi connectivity index (χ3v) is 2.41. The lowest BCUT2D eigenvalue weighted by Crippen LogP contribution is -2.28. The van der Waals surface area contributed by atoms with Crippen LogP contribution >= 0.6 is 0 Å². The van der Waals surface area contributed by atoms with Gasteiger partial charge in [-0.1, -0.05) is 12.1 Å². The SMILES string of the molecule is CNc1ccccc1NC1=C(N)CC1=O. The van der Waals surface area contributed by atoms with E-state index >= 15 is 0 Å². The van der Waals surface area contributed by atoms with Crippen molar-refractivity contribution in [3.8, 4) is 0 Å². The van der Waals surface area contributed by atoms with Crippen molar-refractivity contribution in [1.29, 1.82) is 0 Å². The smallest absolute Gasteiger partial charge is 0.186 e. The van der Waals surface area contributed by atoms with Gasteiger partial charge in [0, 0.05) is 12.7 Å². The fourth-order valence-corrected chi connectivity index (χ4v) is 1.52. The van der Waals surface area contributed by atoms with Gasteiger partial charge in [0.15, 0.2) is 5.78 Å². The zero-order chi connectivity index (χ0) is 10.8. The molecule has 0 radical (unpaired) electrons. The van der Waals surface area contributed by atoms with Gasteiger partial charge in [-0.15, -0.1) is 0 Å². The summed E-state index contributed by atoms with van der Waals surface area (Å²) in [6.45, 7) is 0. The summed E-state index contributed by atoms with van der Waals surface area (Å²) in [5, 5.41) is 6.08. The molecule has 4 heteroatoms. The van der Waals surface area contributed by atoms with Crippen molar-refractivity contribution in [2.24, 2.45) is 5.73 Å². The lowest BCUT2D eigenvalue weighted by atomic mass is 9.99. The van der Waals surface area contributed by atoms with Crippen molar-refractivity contribution in [2.45, 2.75) is 6.42 Å². The van der Waals surface area contributed by atoms with Gasteiger partial charge in [-0.25, -0.2) is 0 Å². The Morgan fingerprint density at radius 2 is 1.93 bits per heavy atom. The molecular formula is C11H13N3O. The predicted octanol–water partition coefficient (Wildman–Crippen LogP) is 1.28. The average molecular weight is 203 g/mol. The highest BCUT2D eigenvalue weighted by Gasteiger charge is 2.25. The van der Waals surface area contributed by atoms with E-state index in [0.29, 0.717) is 17.8 Å². The van der Waals surface area contributed by atoms with E-state index in [0.717, 1.165) is 11.4 Å². The van der Waals surface area contributed by atoms with Crippen molar-refractivity contribution in [1.82, 2.24) is 0 Å². The number of ketones is 1. The monoisotopic (exact) mass is 203 g/mol. The van der Waals surface area contributed by atoms with E-state index < -0.39 is 0 Å². The molecule has 0 aromatic heterocycles. The molecule has 0 aliphatic heterocycles. The molecule has 1 aliphatic rings. The van der Waals surface area contributed by atoms with Crippen LogP contribution in [0.3, 0.4) is 0 Å². The number of carbonyl (C=O) groups excluding carboxylic acids is 1. The van der Waals surface area contributed by atoms with Crippen molar-refractivity contribution in [2.75, 3.05) is 17.7 Å². The molecule has 1 aromatic rings. The summed E-state index contributed by atoms with van der Waals surface area (Å²) in [6, 6.07) is 7.67. The molecule has 0 bridgehead atoms. The van der Waals surface area contributed by atoms with Crippen LogP contribution in [0.5, 0.6) is 0 Å². The van der Waals surface area contributed by atoms with E-state index in [2.05, 4.69) is 10.6 Å². The molecule has 0 heterocycles. The molecule has 1 aromatic carbocycles. The Balaban J connectivity index is 2.25. The zero-order valence-corrected chi connectivity index (χ0v) is 8.50. The maximum Gasteiger partial charge on any atom is 0.186 e. The topological polar surface area (TPSA) is 67.2 Å². The molecule has 0 amide bonds. The minimum Gasteiger partial charge on any atom is -0.400 e. The second-order valence-corrected chi connectivity index (χ2v) is 3.42. The largest absolute Gasteiger partial charge is 0.400 e. The third-order valence-electron chi connectivity index (χ3n) is 2.41. The van der Waals surface area contributed by atoms with Gasteiger partial charge in [0.05, 0.1) is 17.8 Å². The molecule has 1 aliphatic carbocycles. The van der Waals surface area contributed by atoms with Gasteiger partial charge >= 0.3 is 0 Å². The number of rotatable bonds is 3. The van der Waals surface area contributed by atoms with Crippen LogP contribution in [0.1, 0.15) is 6.42 Å². The number of anilines is 2. The molecular weight excluding hydrogens is 190 g/mol. The summed E-state index contributed by atoms with van der Waals surface area (Å²) in [4.78, 5) is 11.2. The van der Waals surface area contributed by atoms with Gasteiger partial charge in [-0.05, 0) is 12.1 Å². The molecule has 0 saturated heterocycles. The highest BCUT2D eigenvalue weighted by atomic mass is 16.1. The van der Waals surface area contributed by atoms with Crippen LogP contribution in [0.4, 0.5) is 11.4 Å². The van der Waals surface area contributed by atoms with Crippen LogP contribution in [0, 0.1) is 0 Å². The van der Waals surface area contributed by atoms with E-state index in [1.807, 2.05) is 31.3 Å². The molecule has 4 nitrogen and oxygen atoms in total. The van der Waals surface area contributed by atoms with E-state index in [1.54, 1.807) is 0 Å². The quantitative estimate of drug-likeness (QED) is 0.692. The van der Waals surface area contributed by atoms with Crippen LogP contribution in [-0.2, 0) is 4.79 Å². The second kappa shape index (κ2) is 3.65. The van der Waals surface area contributed by atoms with Gasteiger partial charge in [-0.2, -0.15) is 0 Å². The predicted molar refractivity (Wildman–Crippen MR) is 60.4 cm³/mol. The molecule has 0 fully saturated rings. The van der Waals surface area contributed by atoms with Crippen molar-refractivity contribution in [3.05, 3.63) is 35.7 Å². The number of benzene rings is 1. The van der Waals surface area contributed by atoms with E-state index in [-0.39, 0.29) is 5.78 Å². The van der Waals surface area contributed by atoms with Gasteiger partial charge in [0.25, 0.3) is 0 Å². The molecule has 0 spiro atoms. The Kier molecular flexibility index (Phi) is 2.33. The van der Waals surface area contributed by atoms with Crippen LogP contribution < -0.4 is 16.4 Å². The first-order valence-electron chi connectivity index (χ1n) is 4.78. The van der Waals surface area contributed by atoms with Crippen molar-refractivity contribution < 1.29 is 4.79 Å². The maximum atomic E-state index is 11.2. The molecule has 0 atom stereocenters. The van der Waals surface area contributed by atoms with Crippen LogP contribution in [-0.4, -0.2) is 12.8 Å². The van der Waals surface area contributed by atoms with Crippen molar-refractivity contribution >= 4 is 17.2 Å². The number of hydrogen-bond acceptors (Lipinski definition) is 4. The maximum absolute atomic E-state index is 11.2. The van der Waals surface area contributed by atoms with E-state index in [9.17, 15) is 4.79 Å². The summed E-state index contributed by atoms with van der Waals surface area (Å²) in [6.07, 6.45) is 0.365. The summed E-state index contributed by atoms with van der Waals surface area (Å²) >= 11 is 0. The Hall–Kier alpha value is -1.97. The fraction of sp³-hybridized carbons (Fsp3) is 0.182. The lowest BCUT2D eigenvalue weighted by molar-refractivity contribution is -0.116. The Morgan fingerprint density at radius 1 is 1.27 bits per heavy atom. The number of carbonyl (C=O) groups is 1. The third kappa shape index (κ3) is 1.66. The molecule has 78 valence electrons. The van der Waals surface area contributed by atoms with Crippen molar-refractivity contribution in [3.63, 3.8) is 0 Å². The van der Waals surface area contributed by atoms with Gasteiger partial charge < -0.3 is 16.4 Å². The van der Waals surface area contributed by atoms with Crippen LogP contribution in [0.25, 0.3) is 0 Å². The minimum absolute atomic E-state index is 0.0680. The number of hydrogen-bond donors (Lipinski definition) is 3. The van der Waals surface area contributed by atoms with E-state index in [4.69, 9.17) is 5.73 Å². The highest BCUT2D eigenvalue weighted by molar-refractivity contribution is 6.07. The number of allylic oxidation sites excluding steroid dienone is 2. The Bertz CT molecular complexity index is 437. The molecule has 15 heavy (non-hydrogen) atoms. The fourth-order valence-electron chi connectivity index (χ4n) is 1.52. The number of para-hydroxylation sites is 2. The highest BCUT2D eigenvalue weighted by Crippen LogP contribution is 2.26. The lowest BCUT2D eigenvalue weighted by Gasteiger charge is -2.21. The summed E-state index contributed by atoms with van der Waals surface area (Å²) in [5.74, 6) is 0.0680. The summed E-state index contributed by atoms with van der Waals surface area (Å²) < 4.78 is 0. The second-order valence-electron chi connectivity index (χ2n) is 3.42. The average Bonchev–Trinajstić information content (AvgIpc) is 2.26. The normalized spacial score (nSPS) is 14.9. The first-order chi connectivity index (χ1) is 7.22. The standard InChI is InChI=1S/C11H13N3O/c1-13-8-4-2-3-5-9(8)14-11-7(12)6-10(11)15/h2-5,13-14H,6,12H2,1H3. The Labute approximate surface area is 88.2 Å². The summed E-state index contributed by atoms with van der Waals surface area (Å²) in [7, 11) is 1.83. The van der Waals surface area contributed by atoms with Gasteiger partial charge in [-0.3, -0.25) is 4.79 Å². The molecule has 0 saturated carbocycles.